The molecule has 1 N–H and O–H groups in total. The highest BCUT2D eigenvalue weighted by atomic mass is 32.1. The Hall–Kier alpha value is -2.54. The van der Waals surface area contributed by atoms with E-state index in [1.165, 1.54) is 6.42 Å². The Labute approximate surface area is 178 Å². The van der Waals surface area contributed by atoms with E-state index in [-0.39, 0.29) is 0 Å². The molecule has 156 valence electrons. The van der Waals surface area contributed by atoms with Gasteiger partial charge in [-0.1, -0.05) is 12.2 Å². The second-order valence-corrected chi connectivity index (χ2v) is 7.63. The molecule has 0 bridgehead atoms. The molecule has 1 aliphatic rings. The summed E-state index contributed by atoms with van der Waals surface area (Å²) in [5, 5.41) is 4.12. The van der Waals surface area contributed by atoms with Crippen molar-refractivity contribution in [3.63, 3.8) is 0 Å². The number of nitrogens with zero attached hydrogens (tertiary/aromatic N) is 3. The number of hydrogen-bond acceptors (Lipinski definition) is 4. The molecule has 1 heterocycles. The summed E-state index contributed by atoms with van der Waals surface area (Å²) in [6, 6.07) is 5.71. The average Bonchev–Trinajstić information content (AvgIpc) is 3.27. The van der Waals surface area contributed by atoms with Crippen molar-refractivity contribution in [2.45, 2.75) is 32.2 Å². The first-order valence-corrected chi connectivity index (χ1v) is 10.5. The third kappa shape index (κ3) is 6.22. The molecule has 1 atom stereocenters. The van der Waals surface area contributed by atoms with Crippen LogP contribution < -0.4 is 14.8 Å². The van der Waals surface area contributed by atoms with Gasteiger partial charge in [0.15, 0.2) is 5.11 Å². The molecular formula is C22H30N4O2S. The predicted molar refractivity (Wildman–Crippen MR) is 121 cm³/mol. The molecule has 6 nitrogen and oxygen atoms in total. The van der Waals surface area contributed by atoms with Gasteiger partial charge in [-0.25, -0.2) is 4.98 Å². The standard InChI is InChI=1S/C22H30N4O2S/c1-27-19-9-10-20(21(15-19)28-2)24-22(29)26(16-18-7-4-3-5-8-18)13-6-12-25-14-11-23-17-25/h3-4,9-11,14-15,17-18H,5-8,12-13,16H2,1-2H3,(H,24,29). The maximum Gasteiger partial charge on any atom is 0.173 e. The quantitative estimate of drug-likeness (QED) is 0.486. The van der Waals surface area contributed by atoms with E-state index >= 15 is 0 Å². The number of imidazole rings is 1. The van der Waals surface area contributed by atoms with Gasteiger partial charge < -0.3 is 24.3 Å². The van der Waals surface area contributed by atoms with Crippen LogP contribution in [0.1, 0.15) is 25.7 Å². The fraction of sp³-hybridized carbons (Fsp3) is 0.455. The monoisotopic (exact) mass is 414 g/mol. The van der Waals surface area contributed by atoms with Gasteiger partial charge in [0, 0.05) is 38.1 Å². The first-order chi connectivity index (χ1) is 14.2. The fourth-order valence-electron chi connectivity index (χ4n) is 3.57. The molecule has 0 saturated carbocycles. The van der Waals surface area contributed by atoms with E-state index < -0.39 is 0 Å². The Kier molecular flexibility index (Phi) is 7.93. The lowest BCUT2D eigenvalue weighted by Gasteiger charge is -2.31. The molecule has 0 spiro atoms. The summed E-state index contributed by atoms with van der Waals surface area (Å²) >= 11 is 5.80. The highest BCUT2D eigenvalue weighted by Crippen LogP contribution is 2.29. The Morgan fingerprint density at radius 2 is 2.21 bits per heavy atom. The van der Waals surface area contributed by atoms with Crippen LogP contribution in [0, 0.1) is 5.92 Å². The zero-order valence-corrected chi connectivity index (χ0v) is 18.0. The number of thiocarbonyl (C=S) groups is 1. The van der Waals surface area contributed by atoms with Gasteiger partial charge >= 0.3 is 0 Å². The lowest BCUT2D eigenvalue weighted by Crippen LogP contribution is -2.39. The van der Waals surface area contributed by atoms with Gasteiger partial charge in [-0.3, -0.25) is 0 Å². The third-order valence-corrected chi connectivity index (χ3v) is 5.56. The molecule has 1 aromatic heterocycles. The number of benzene rings is 1. The van der Waals surface area contributed by atoms with Crippen LogP contribution >= 0.6 is 12.2 Å². The van der Waals surface area contributed by atoms with Gasteiger partial charge in [0.2, 0.25) is 0 Å². The SMILES string of the molecule is COc1ccc(NC(=S)N(CCCn2ccnc2)CC2CC=CCC2)c(OC)c1. The van der Waals surface area contributed by atoms with Gasteiger partial charge in [-0.2, -0.15) is 0 Å². The molecule has 0 aliphatic heterocycles. The lowest BCUT2D eigenvalue weighted by atomic mass is 9.94. The van der Waals surface area contributed by atoms with E-state index in [4.69, 9.17) is 21.7 Å². The van der Waals surface area contributed by atoms with Crippen molar-refractivity contribution in [1.82, 2.24) is 14.5 Å². The highest BCUT2D eigenvalue weighted by molar-refractivity contribution is 7.80. The maximum absolute atomic E-state index is 5.80. The van der Waals surface area contributed by atoms with Crippen LogP contribution in [-0.4, -0.2) is 46.9 Å². The maximum atomic E-state index is 5.80. The van der Waals surface area contributed by atoms with Gasteiger partial charge in [-0.15, -0.1) is 0 Å². The normalized spacial score (nSPS) is 15.7. The molecule has 2 aromatic rings. The number of nitrogens with one attached hydrogen (secondary N) is 1. The van der Waals surface area contributed by atoms with Crippen LogP contribution in [0.25, 0.3) is 0 Å². The topological polar surface area (TPSA) is 51.5 Å². The van der Waals surface area contributed by atoms with Gasteiger partial charge in [0.1, 0.15) is 11.5 Å². The molecule has 0 saturated heterocycles. The zero-order valence-electron chi connectivity index (χ0n) is 17.2. The number of hydrogen-bond donors (Lipinski definition) is 1. The number of aromatic nitrogens is 2. The summed E-state index contributed by atoms with van der Waals surface area (Å²) < 4.78 is 12.9. The van der Waals surface area contributed by atoms with Gasteiger partial charge in [0.25, 0.3) is 0 Å². The van der Waals surface area contributed by atoms with Crippen LogP contribution in [0.2, 0.25) is 0 Å². The molecule has 1 aromatic carbocycles. The van der Waals surface area contributed by atoms with E-state index in [9.17, 15) is 0 Å². The average molecular weight is 415 g/mol. The van der Waals surface area contributed by atoms with Gasteiger partial charge in [-0.05, 0) is 56.0 Å². The van der Waals surface area contributed by atoms with Gasteiger partial charge in [0.05, 0.1) is 26.2 Å². The Bertz CT molecular complexity index is 807. The first kappa shape index (κ1) is 21.2. The van der Waals surface area contributed by atoms with E-state index in [1.54, 1.807) is 14.2 Å². The first-order valence-electron chi connectivity index (χ1n) is 10.1. The fourth-order valence-corrected chi connectivity index (χ4v) is 3.84. The van der Waals surface area contributed by atoms with Crippen LogP contribution in [0.5, 0.6) is 11.5 Å². The molecule has 1 aliphatic carbocycles. The van der Waals surface area contributed by atoms with E-state index in [0.29, 0.717) is 11.7 Å². The van der Waals surface area contributed by atoms with Crippen molar-refractivity contribution in [3.8, 4) is 11.5 Å². The summed E-state index contributed by atoms with van der Waals surface area (Å²) in [6.07, 6.45) is 14.7. The molecule has 3 rings (SSSR count). The lowest BCUT2D eigenvalue weighted by molar-refractivity contribution is 0.316. The minimum Gasteiger partial charge on any atom is -0.497 e. The highest BCUT2D eigenvalue weighted by Gasteiger charge is 2.18. The summed E-state index contributed by atoms with van der Waals surface area (Å²) in [5.74, 6) is 2.10. The van der Waals surface area contributed by atoms with Crippen LogP contribution in [-0.2, 0) is 6.54 Å². The summed E-state index contributed by atoms with van der Waals surface area (Å²) in [5.41, 5.74) is 0.849. The Balaban J connectivity index is 1.66. The number of ether oxygens (including phenoxy) is 2. The number of allylic oxidation sites excluding steroid dienone is 2. The van der Waals surface area contributed by atoms with E-state index in [2.05, 4.69) is 31.9 Å². The number of methoxy groups -OCH3 is 2. The van der Waals surface area contributed by atoms with Crippen molar-refractivity contribution in [2.24, 2.45) is 5.92 Å². The molecular weight excluding hydrogens is 384 g/mol. The molecule has 0 fully saturated rings. The number of aryl methyl sites for hydroxylation is 1. The predicted octanol–water partition coefficient (Wildman–Crippen LogP) is 4.35. The minimum absolute atomic E-state index is 0.630. The van der Waals surface area contributed by atoms with Crippen LogP contribution in [0.3, 0.4) is 0 Å². The molecule has 0 radical (unpaired) electrons. The summed E-state index contributed by atoms with van der Waals surface area (Å²) in [7, 11) is 3.30. The molecule has 29 heavy (non-hydrogen) atoms. The number of rotatable bonds is 9. The third-order valence-electron chi connectivity index (χ3n) is 5.20. The molecule has 1 unspecified atom stereocenters. The second kappa shape index (κ2) is 10.9. The Morgan fingerprint density at radius 3 is 2.90 bits per heavy atom. The molecule has 0 amide bonds. The number of anilines is 1. The van der Waals surface area contributed by atoms with Crippen molar-refractivity contribution in [1.29, 1.82) is 0 Å². The summed E-state index contributed by atoms with van der Waals surface area (Å²) in [6.45, 7) is 2.77. The van der Waals surface area contributed by atoms with Crippen molar-refractivity contribution < 1.29 is 9.47 Å². The van der Waals surface area contributed by atoms with Crippen molar-refractivity contribution in [2.75, 3.05) is 32.6 Å². The minimum atomic E-state index is 0.630. The smallest absolute Gasteiger partial charge is 0.173 e. The largest absolute Gasteiger partial charge is 0.497 e. The Morgan fingerprint density at radius 1 is 1.31 bits per heavy atom. The van der Waals surface area contributed by atoms with Crippen molar-refractivity contribution >= 4 is 23.0 Å². The van der Waals surface area contributed by atoms with E-state index in [1.807, 2.05) is 36.9 Å². The molecule has 7 heteroatoms. The summed E-state index contributed by atoms with van der Waals surface area (Å²) in [4.78, 5) is 6.41. The zero-order chi connectivity index (χ0) is 20.5. The van der Waals surface area contributed by atoms with Crippen molar-refractivity contribution in [3.05, 3.63) is 49.1 Å². The second-order valence-electron chi connectivity index (χ2n) is 7.25. The van der Waals surface area contributed by atoms with E-state index in [0.717, 1.165) is 55.4 Å². The van der Waals surface area contributed by atoms with Crippen LogP contribution in [0.15, 0.2) is 49.1 Å². The van der Waals surface area contributed by atoms with Crippen LogP contribution in [0.4, 0.5) is 5.69 Å².